The van der Waals surface area contributed by atoms with Crippen molar-refractivity contribution in [1.82, 2.24) is 23.7 Å². The Hall–Kier alpha value is -5.68. The Morgan fingerprint density at radius 2 is 1.07 bits per heavy atom. The molecule has 0 saturated heterocycles. The van der Waals surface area contributed by atoms with Crippen molar-refractivity contribution in [3.8, 4) is 17.2 Å². The summed E-state index contributed by atoms with van der Waals surface area (Å²) in [4.78, 5) is 10.4. The fraction of sp³-hybridized carbons (Fsp3) is 0. The third-order valence-corrected chi connectivity index (χ3v) is 8.07. The Morgan fingerprint density at radius 3 is 1.88 bits per heavy atom. The standard InChI is InChI=1S/C36H23N5/c1-3-13-25(14-4-1)39-30-18-9-7-12-24(30)22-33(39)41-32-20-11-21-37-34(32)29-23-28-27-17-8-10-19-31(27)40(35(28)38-36(29)41)26-15-5-2-6-16-26/h1-23H. The molecule has 9 rings (SSSR count). The van der Waals surface area contributed by atoms with E-state index in [1.165, 1.54) is 10.8 Å². The first-order valence-electron chi connectivity index (χ1n) is 13.8. The lowest BCUT2D eigenvalue weighted by atomic mass is 10.1. The van der Waals surface area contributed by atoms with E-state index in [0.29, 0.717) is 0 Å². The highest BCUT2D eigenvalue weighted by atomic mass is 15.2. The Morgan fingerprint density at radius 1 is 0.439 bits per heavy atom. The van der Waals surface area contributed by atoms with Crippen LogP contribution >= 0.6 is 0 Å². The van der Waals surface area contributed by atoms with Gasteiger partial charge in [-0.15, -0.1) is 0 Å². The third kappa shape index (κ3) is 3.11. The molecule has 192 valence electrons. The number of benzene rings is 4. The predicted octanol–water partition coefficient (Wildman–Crippen LogP) is 8.61. The lowest BCUT2D eigenvalue weighted by Gasteiger charge is -2.14. The van der Waals surface area contributed by atoms with Crippen molar-refractivity contribution < 1.29 is 0 Å². The van der Waals surface area contributed by atoms with Gasteiger partial charge in [-0.3, -0.25) is 18.7 Å². The summed E-state index contributed by atoms with van der Waals surface area (Å²) in [5.74, 6) is 1.03. The maximum Gasteiger partial charge on any atom is 0.150 e. The van der Waals surface area contributed by atoms with E-state index in [-0.39, 0.29) is 0 Å². The maximum absolute atomic E-state index is 5.48. The van der Waals surface area contributed by atoms with Crippen LogP contribution in [0.4, 0.5) is 0 Å². The number of fused-ring (bicyclic) bond motifs is 7. The lowest BCUT2D eigenvalue weighted by Crippen LogP contribution is -2.05. The molecule has 0 aliphatic rings. The van der Waals surface area contributed by atoms with Crippen LogP contribution in [0.15, 0.2) is 140 Å². The van der Waals surface area contributed by atoms with Crippen LogP contribution in [-0.4, -0.2) is 23.7 Å². The highest BCUT2D eigenvalue weighted by molar-refractivity contribution is 6.15. The SMILES string of the molecule is c1ccc(-n2c(-n3c4cccnc4c4cc5c6ccccc6n(-c6ccccc6)c5nc43)cc3ccccc32)cc1. The molecule has 0 bridgehead atoms. The van der Waals surface area contributed by atoms with Gasteiger partial charge in [-0.1, -0.05) is 72.8 Å². The van der Waals surface area contributed by atoms with Gasteiger partial charge in [-0.05, 0) is 60.7 Å². The van der Waals surface area contributed by atoms with Gasteiger partial charge in [-0.2, -0.15) is 0 Å². The summed E-state index contributed by atoms with van der Waals surface area (Å²) < 4.78 is 6.86. The van der Waals surface area contributed by atoms with Crippen LogP contribution in [0.25, 0.3) is 72.1 Å². The summed E-state index contributed by atoms with van der Waals surface area (Å²) in [5.41, 5.74) is 8.24. The molecule has 0 atom stereocenters. The van der Waals surface area contributed by atoms with Crippen molar-refractivity contribution >= 4 is 54.9 Å². The minimum atomic E-state index is 0.881. The second-order valence-electron chi connectivity index (χ2n) is 10.4. The largest absolute Gasteiger partial charge is 0.295 e. The Bertz CT molecular complexity index is 2410. The molecule has 0 saturated carbocycles. The molecule has 0 unspecified atom stereocenters. The first kappa shape index (κ1) is 22.2. The molecule has 5 heteroatoms. The zero-order valence-corrected chi connectivity index (χ0v) is 22.0. The summed E-state index contributed by atoms with van der Waals surface area (Å²) in [5, 5.41) is 4.50. The van der Waals surface area contributed by atoms with E-state index in [0.717, 1.165) is 61.3 Å². The quantitative estimate of drug-likeness (QED) is 0.232. The number of hydrogen-bond donors (Lipinski definition) is 0. The third-order valence-electron chi connectivity index (χ3n) is 8.07. The van der Waals surface area contributed by atoms with E-state index in [1.807, 2.05) is 12.3 Å². The molecule has 0 amide bonds. The van der Waals surface area contributed by atoms with Crippen molar-refractivity contribution in [3.63, 3.8) is 0 Å². The van der Waals surface area contributed by atoms with Crippen LogP contribution in [0.3, 0.4) is 0 Å². The van der Waals surface area contributed by atoms with Gasteiger partial charge in [0.25, 0.3) is 0 Å². The van der Waals surface area contributed by atoms with E-state index in [1.54, 1.807) is 0 Å². The highest BCUT2D eigenvalue weighted by Crippen LogP contribution is 2.38. The van der Waals surface area contributed by atoms with Gasteiger partial charge in [0.1, 0.15) is 11.5 Å². The van der Waals surface area contributed by atoms with Crippen molar-refractivity contribution in [2.75, 3.05) is 0 Å². The summed E-state index contributed by atoms with van der Waals surface area (Å²) in [6.07, 6.45) is 1.87. The molecule has 0 radical (unpaired) electrons. The van der Waals surface area contributed by atoms with Crippen molar-refractivity contribution in [2.45, 2.75) is 0 Å². The number of hydrogen-bond acceptors (Lipinski definition) is 2. The summed E-state index contributed by atoms with van der Waals surface area (Å²) in [7, 11) is 0. The number of aromatic nitrogens is 5. The fourth-order valence-electron chi connectivity index (χ4n) is 6.34. The molecule has 4 aromatic carbocycles. The normalized spacial score (nSPS) is 11.9. The molecule has 0 N–H and O–H groups in total. The van der Waals surface area contributed by atoms with Crippen molar-refractivity contribution in [3.05, 3.63) is 140 Å². The molecule has 0 aliphatic heterocycles. The van der Waals surface area contributed by atoms with Gasteiger partial charge < -0.3 is 0 Å². The molecule has 9 aromatic rings. The second-order valence-corrected chi connectivity index (χ2v) is 10.4. The molecule has 0 aliphatic carbocycles. The molecule has 0 fully saturated rings. The second kappa shape index (κ2) is 8.41. The van der Waals surface area contributed by atoms with E-state index in [4.69, 9.17) is 9.97 Å². The minimum Gasteiger partial charge on any atom is -0.295 e. The minimum absolute atomic E-state index is 0.881. The van der Waals surface area contributed by atoms with Gasteiger partial charge in [0.2, 0.25) is 0 Å². The zero-order chi connectivity index (χ0) is 26.9. The topological polar surface area (TPSA) is 40.6 Å². The molecule has 41 heavy (non-hydrogen) atoms. The number of para-hydroxylation sites is 4. The number of pyridine rings is 2. The highest BCUT2D eigenvalue weighted by Gasteiger charge is 2.22. The smallest absolute Gasteiger partial charge is 0.150 e. The first-order valence-corrected chi connectivity index (χ1v) is 13.8. The summed E-state index contributed by atoms with van der Waals surface area (Å²) >= 11 is 0. The molecule has 5 nitrogen and oxygen atoms in total. The van der Waals surface area contributed by atoms with Crippen molar-refractivity contribution in [2.24, 2.45) is 0 Å². The van der Waals surface area contributed by atoms with E-state index < -0.39 is 0 Å². The van der Waals surface area contributed by atoms with Gasteiger partial charge in [-0.25, -0.2) is 4.98 Å². The number of rotatable bonds is 3. The monoisotopic (exact) mass is 525 g/mol. The molecule has 5 heterocycles. The van der Waals surface area contributed by atoms with Gasteiger partial charge in [0.05, 0.1) is 22.1 Å². The van der Waals surface area contributed by atoms with Crippen LogP contribution in [0.2, 0.25) is 0 Å². The Kier molecular flexibility index (Phi) is 4.55. The van der Waals surface area contributed by atoms with Crippen LogP contribution in [0, 0.1) is 0 Å². The van der Waals surface area contributed by atoms with Gasteiger partial charge >= 0.3 is 0 Å². The van der Waals surface area contributed by atoms with E-state index in [9.17, 15) is 0 Å². The van der Waals surface area contributed by atoms with E-state index >= 15 is 0 Å². The van der Waals surface area contributed by atoms with Gasteiger partial charge in [0, 0.05) is 39.1 Å². The Labute approximate surface area is 235 Å². The van der Waals surface area contributed by atoms with Crippen LogP contribution in [0.1, 0.15) is 0 Å². The van der Waals surface area contributed by atoms with Crippen LogP contribution in [0.5, 0.6) is 0 Å². The zero-order valence-electron chi connectivity index (χ0n) is 22.0. The molecule has 0 spiro atoms. The molecular weight excluding hydrogens is 502 g/mol. The van der Waals surface area contributed by atoms with Crippen LogP contribution in [-0.2, 0) is 0 Å². The Balaban J connectivity index is 1.48. The fourth-order valence-corrected chi connectivity index (χ4v) is 6.34. The molecule has 5 aromatic heterocycles. The summed E-state index contributed by atoms with van der Waals surface area (Å²) in [6, 6.07) is 46.8. The van der Waals surface area contributed by atoms with E-state index in [2.05, 4.69) is 141 Å². The predicted molar refractivity (Wildman–Crippen MR) is 168 cm³/mol. The average molecular weight is 526 g/mol. The summed E-state index contributed by atoms with van der Waals surface area (Å²) in [6.45, 7) is 0. The number of nitrogens with zero attached hydrogens (tertiary/aromatic N) is 5. The van der Waals surface area contributed by atoms with Crippen LogP contribution < -0.4 is 0 Å². The molecular formula is C36H23N5. The first-order chi connectivity index (χ1) is 20.4. The van der Waals surface area contributed by atoms with Crippen molar-refractivity contribution in [1.29, 1.82) is 0 Å². The lowest BCUT2D eigenvalue weighted by molar-refractivity contribution is 0.988. The average Bonchev–Trinajstić information content (AvgIpc) is 3.68. The van der Waals surface area contributed by atoms with Gasteiger partial charge in [0.15, 0.2) is 5.65 Å². The maximum atomic E-state index is 5.48.